The fraction of sp³-hybridized carbons (Fsp3) is 0.652. The number of carboxylic acids is 2. The zero-order valence-electron chi connectivity index (χ0n) is 44.8. The molecule has 0 saturated heterocycles. The van der Waals surface area contributed by atoms with Crippen LogP contribution in [0.1, 0.15) is 112 Å². The SMILES string of the molecule is CC[C@H](C)[C@H](NC(=O)[C@H](CC(N)=O)NC(=O)[C@H](CCC(=O)O)NC(=O)[C@H](CC(C)C)NC(=O)[C@H](CCC(N)=O)NC(=O)[C@H](CCC(N)=O)NC(C)=O)C(=O)N[C@@H](CCSC)C(=O)N[C@@H](CC(=O)O)C(=O)N[C@@H](CC(N)=O)C(N)=O. The summed E-state index contributed by atoms with van der Waals surface area (Å²) in [6.45, 7) is 7.48. The van der Waals surface area contributed by atoms with Gasteiger partial charge in [-0.2, -0.15) is 11.8 Å². The molecule has 79 heavy (non-hydrogen) atoms. The van der Waals surface area contributed by atoms with Crippen LogP contribution in [0.15, 0.2) is 0 Å². The van der Waals surface area contributed by atoms with Gasteiger partial charge < -0.3 is 86.7 Å². The smallest absolute Gasteiger partial charge is 0.305 e. The zero-order valence-corrected chi connectivity index (χ0v) is 45.6. The predicted octanol–water partition coefficient (Wildman–Crippen LogP) is -6.68. The Labute approximate surface area is 458 Å². The number of rotatable bonds is 40. The Morgan fingerprint density at radius 1 is 0.418 bits per heavy atom. The number of carbonyl (C=O) groups excluding carboxylic acids is 14. The van der Waals surface area contributed by atoms with Crippen LogP contribution in [-0.2, 0) is 76.7 Å². The molecule has 0 aliphatic heterocycles. The summed E-state index contributed by atoms with van der Waals surface area (Å²) in [4.78, 5) is 204. The maximum absolute atomic E-state index is 14.1. The minimum atomic E-state index is -1.93. The largest absolute Gasteiger partial charge is 0.481 e. The number of amides is 14. The van der Waals surface area contributed by atoms with E-state index in [2.05, 4.69) is 47.9 Å². The third-order valence-electron chi connectivity index (χ3n) is 11.5. The van der Waals surface area contributed by atoms with E-state index in [0.717, 1.165) is 6.92 Å². The minimum Gasteiger partial charge on any atom is -0.481 e. The van der Waals surface area contributed by atoms with Crippen molar-refractivity contribution < 1.29 is 86.9 Å². The average Bonchev–Trinajstić information content (AvgIpc) is 3.33. The number of thioether (sulfide) groups is 1. The summed E-state index contributed by atoms with van der Waals surface area (Å²) in [5.74, 6) is -18.8. The first kappa shape index (κ1) is 70.9. The van der Waals surface area contributed by atoms with Crippen LogP contribution < -0.4 is 76.5 Å². The van der Waals surface area contributed by atoms with Crippen LogP contribution >= 0.6 is 11.8 Å². The Bertz CT molecular complexity index is 2250. The van der Waals surface area contributed by atoms with Gasteiger partial charge in [-0.15, -0.1) is 0 Å². The van der Waals surface area contributed by atoms with E-state index in [9.17, 15) is 86.9 Å². The normalized spacial score (nSPS) is 14.7. The molecular formula is C46H76N14O18S. The van der Waals surface area contributed by atoms with Crippen LogP contribution in [0.4, 0.5) is 0 Å². The second kappa shape index (κ2) is 36.1. The summed E-state index contributed by atoms with van der Waals surface area (Å²) >= 11 is 1.22. The van der Waals surface area contributed by atoms with E-state index in [4.69, 9.17) is 28.7 Å². The molecule has 14 amide bonds. The molecule has 0 fully saturated rings. The van der Waals surface area contributed by atoms with Gasteiger partial charge in [-0.25, -0.2) is 0 Å². The van der Waals surface area contributed by atoms with E-state index < -0.39 is 200 Å². The van der Waals surface area contributed by atoms with Crippen molar-refractivity contribution in [3.63, 3.8) is 0 Å². The number of aliphatic carboxylic acids is 2. The lowest BCUT2D eigenvalue weighted by Gasteiger charge is -2.29. The van der Waals surface area contributed by atoms with Crippen LogP contribution in [0, 0.1) is 11.8 Å². The van der Waals surface area contributed by atoms with Gasteiger partial charge in [0.2, 0.25) is 82.7 Å². The Balaban J connectivity index is 6.90. The first-order valence-electron chi connectivity index (χ1n) is 24.8. The molecule has 0 bridgehead atoms. The van der Waals surface area contributed by atoms with Gasteiger partial charge in [0.05, 0.1) is 19.3 Å². The zero-order chi connectivity index (χ0) is 60.9. The topological polar surface area (TPSA) is 552 Å². The number of carbonyl (C=O) groups is 16. The number of hydrogen-bond acceptors (Lipinski definition) is 17. The molecule has 0 aromatic heterocycles. The summed E-state index contributed by atoms with van der Waals surface area (Å²) < 4.78 is 0. The fourth-order valence-corrected chi connectivity index (χ4v) is 7.64. The predicted molar refractivity (Wildman–Crippen MR) is 278 cm³/mol. The maximum Gasteiger partial charge on any atom is 0.305 e. The van der Waals surface area contributed by atoms with Crippen LogP contribution in [-0.4, -0.2) is 171 Å². The molecule has 33 heteroatoms. The van der Waals surface area contributed by atoms with Gasteiger partial charge in [0.1, 0.15) is 54.4 Å². The lowest BCUT2D eigenvalue weighted by Crippen LogP contribution is -2.61. The van der Waals surface area contributed by atoms with Crippen LogP contribution in [0.25, 0.3) is 0 Å². The van der Waals surface area contributed by atoms with Crippen LogP contribution in [0.2, 0.25) is 0 Å². The third kappa shape index (κ3) is 29.3. The molecule has 0 saturated carbocycles. The number of hydrogen-bond donors (Lipinski definition) is 16. The molecule has 0 aliphatic rings. The minimum absolute atomic E-state index is 0.148. The summed E-state index contributed by atoms with van der Waals surface area (Å²) in [6.07, 6.45) is -4.20. The van der Waals surface area contributed by atoms with E-state index in [1.807, 2.05) is 0 Å². The van der Waals surface area contributed by atoms with Crippen molar-refractivity contribution in [2.24, 2.45) is 40.5 Å². The van der Waals surface area contributed by atoms with Crippen molar-refractivity contribution in [2.75, 3.05) is 12.0 Å². The molecule has 444 valence electrons. The molecule has 10 atom stereocenters. The Hall–Kier alpha value is -8.13. The molecule has 0 heterocycles. The molecule has 0 spiro atoms. The van der Waals surface area contributed by atoms with Gasteiger partial charge in [0, 0.05) is 26.2 Å². The quantitative estimate of drug-likeness (QED) is 0.0271. The molecule has 0 radical (unpaired) electrons. The fourth-order valence-electron chi connectivity index (χ4n) is 7.17. The second-order valence-corrected chi connectivity index (χ2v) is 19.7. The number of carboxylic acid groups (broad SMARTS) is 2. The maximum atomic E-state index is 14.1. The highest BCUT2D eigenvalue weighted by Crippen LogP contribution is 2.13. The second-order valence-electron chi connectivity index (χ2n) is 18.7. The van der Waals surface area contributed by atoms with Crippen molar-refractivity contribution >= 4 is 106 Å². The first-order chi connectivity index (χ1) is 36.7. The summed E-state index contributed by atoms with van der Waals surface area (Å²) in [6, 6.07) is -15.0. The summed E-state index contributed by atoms with van der Waals surface area (Å²) in [5, 5.41) is 39.9. The molecule has 0 rings (SSSR count). The average molecular weight is 1150 g/mol. The van der Waals surface area contributed by atoms with E-state index in [-0.39, 0.29) is 43.8 Å². The number of primary amides is 5. The first-order valence-corrected chi connectivity index (χ1v) is 26.2. The van der Waals surface area contributed by atoms with E-state index in [0.29, 0.717) is 0 Å². The summed E-state index contributed by atoms with van der Waals surface area (Å²) in [7, 11) is 0. The van der Waals surface area contributed by atoms with Crippen molar-refractivity contribution in [2.45, 2.75) is 166 Å². The highest BCUT2D eigenvalue weighted by molar-refractivity contribution is 7.98. The molecule has 0 unspecified atom stereocenters. The monoisotopic (exact) mass is 1140 g/mol. The molecule has 0 aliphatic carbocycles. The number of nitrogens with one attached hydrogen (secondary N) is 9. The van der Waals surface area contributed by atoms with Crippen molar-refractivity contribution in [1.82, 2.24) is 47.9 Å². The van der Waals surface area contributed by atoms with Gasteiger partial charge in [-0.3, -0.25) is 76.7 Å². The molecular weight excluding hydrogens is 1070 g/mol. The van der Waals surface area contributed by atoms with E-state index in [1.165, 1.54) is 18.7 Å². The molecule has 21 N–H and O–H groups in total. The lowest BCUT2D eigenvalue weighted by atomic mass is 9.97. The Morgan fingerprint density at radius 2 is 0.772 bits per heavy atom. The molecule has 32 nitrogen and oxygen atoms in total. The number of nitrogens with two attached hydrogens (primary N) is 5. The van der Waals surface area contributed by atoms with Gasteiger partial charge in [0.25, 0.3) is 0 Å². The van der Waals surface area contributed by atoms with Crippen molar-refractivity contribution in [1.29, 1.82) is 0 Å². The van der Waals surface area contributed by atoms with E-state index in [1.54, 1.807) is 27.0 Å². The molecule has 0 aromatic rings. The highest BCUT2D eigenvalue weighted by atomic mass is 32.2. The van der Waals surface area contributed by atoms with Crippen LogP contribution in [0.5, 0.6) is 0 Å². The Kier molecular flexibility index (Phi) is 32.3. The Morgan fingerprint density at radius 3 is 1.16 bits per heavy atom. The van der Waals surface area contributed by atoms with Crippen molar-refractivity contribution in [3.8, 4) is 0 Å². The van der Waals surface area contributed by atoms with Gasteiger partial charge in [-0.05, 0) is 55.9 Å². The molecule has 0 aromatic carbocycles. The highest BCUT2D eigenvalue weighted by Gasteiger charge is 2.37. The van der Waals surface area contributed by atoms with Gasteiger partial charge in [0.15, 0.2) is 0 Å². The van der Waals surface area contributed by atoms with Crippen LogP contribution in [0.3, 0.4) is 0 Å². The lowest BCUT2D eigenvalue weighted by molar-refractivity contribution is -0.142. The van der Waals surface area contributed by atoms with Gasteiger partial charge in [-0.1, -0.05) is 34.1 Å². The summed E-state index contributed by atoms with van der Waals surface area (Å²) in [5.41, 5.74) is 26.3. The van der Waals surface area contributed by atoms with Gasteiger partial charge >= 0.3 is 11.9 Å². The standard InChI is InChI=1S/C46H76N14O18S/c1-7-21(4)37(46(78)55-26(14-15-79-6)42(74)59-30(19-36(68)69)44(76)56-27(38(51)70)17-33(49)64)60-45(77)29(18-34(50)65)58-41(73)25(10-13-35(66)67)54-43(75)28(16-20(2)3)57-40(72)24(9-12-32(48)63)53-39(71)23(52-22(5)61)8-11-31(47)62/h20-21,23-30,37H,7-19H2,1-6H3,(H2,47,62)(H2,48,63)(H2,49,64)(H2,50,65)(H2,51,70)(H,52,61)(H,53,71)(H,54,75)(H,55,78)(H,56,76)(H,57,72)(H,58,73)(H,59,74)(H,60,77)(H,66,67)(H,68,69)/t21-,23-,24-,25-,26-,27-,28-,29-,30-,37-/m0/s1. The third-order valence-corrected chi connectivity index (χ3v) is 12.1. The van der Waals surface area contributed by atoms with E-state index >= 15 is 0 Å². The van der Waals surface area contributed by atoms with Crippen molar-refractivity contribution in [3.05, 3.63) is 0 Å².